The molecule has 3 N–H and O–H groups in total. The summed E-state index contributed by atoms with van der Waals surface area (Å²) in [4.78, 5) is 28.9. The van der Waals surface area contributed by atoms with Crippen LogP contribution in [0.4, 0.5) is 11.8 Å². The summed E-state index contributed by atoms with van der Waals surface area (Å²) in [5, 5.41) is 6.97. The number of imidazole rings is 1. The summed E-state index contributed by atoms with van der Waals surface area (Å²) in [6, 6.07) is 11.7. The number of fused-ring (bicyclic) bond motifs is 1. The molecule has 0 amide bonds. The van der Waals surface area contributed by atoms with E-state index in [4.69, 9.17) is 4.74 Å². The molecule has 9 heteroatoms. The van der Waals surface area contributed by atoms with Gasteiger partial charge in [-0.3, -0.25) is 9.36 Å². The number of ether oxygens (including phenoxy) is 1. The number of anilines is 2. The molecule has 4 heterocycles. The molecule has 1 aliphatic carbocycles. The van der Waals surface area contributed by atoms with Crippen molar-refractivity contribution in [3.63, 3.8) is 0 Å². The van der Waals surface area contributed by atoms with Gasteiger partial charge in [0.1, 0.15) is 11.3 Å². The molecule has 1 aliphatic rings. The molecular weight excluding hydrogens is 394 g/mol. The van der Waals surface area contributed by atoms with E-state index in [0.29, 0.717) is 23.5 Å². The molecule has 9 nitrogen and oxygen atoms in total. The lowest BCUT2D eigenvalue weighted by Crippen LogP contribution is -2.22. The summed E-state index contributed by atoms with van der Waals surface area (Å²) < 4.78 is 6.63. The van der Waals surface area contributed by atoms with Crippen LogP contribution in [-0.2, 0) is 0 Å². The second-order valence-corrected chi connectivity index (χ2v) is 7.61. The van der Waals surface area contributed by atoms with Gasteiger partial charge >= 0.3 is 0 Å². The second kappa shape index (κ2) is 8.10. The van der Waals surface area contributed by atoms with Gasteiger partial charge < -0.3 is 20.4 Å². The zero-order valence-electron chi connectivity index (χ0n) is 17.1. The lowest BCUT2D eigenvalue weighted by atomic mass is 10.2. The maximum atomic E-state index is 12.4. The topological polar surface area (TPSA) is 110 Å². The van der Waals surface area contributed by atoms with E-state index >= 15 is 0 Å². The van der Waals surface area contributed by atoms with Gasteiger partial charge in [0.2, 0.25) is 5.95 Å². The molecule has 4 aromatic rings. The van der Waals surface area contributed by atoms with Gasteiger partial charge in [-0.25, -0.2) is 15.0 Å². The fourth-order valence-corrected chi connectivity index (χ4v) is 4.01. The molecule has 0 unspecified atom stereocenters. The van der Waals surface area contributed by atoms with E-state index < -0.39 is 0 Å². The van der Waals surface area contributed by atoms with Gasteiger partial charge in [0, 0.05) is 24.5 Å². The lowest BCUT2D eigenvalue weighted by Gasteiger charge is -2.15. The summed E-state index contributed by atoms with van der Waals surface area (Å²) in [6.07, 6.45) is 8.19. The molecule has 0 aromatic carbocycles. The van der Waals surface area contributed by atoms with Crippen LogP contribution in [0.1, 0.15) is 19.3 Å². The molecule has 2 atom stereocenters. The molecule has 0 saturated heterocycles. The largest absolute Gasteiger partial charge is 0.491 e. The van der Waals surface area contributed by atoms with E-state index in [9.17, 15) is 4.79 Å². The van der Waals surface area contributed by atoms with Crippen LogP contribution in [0.2, 0.25) is 0 Å². The number of pyridine rings is 3. The maximum absolute atomic E-state index is 12.4. The number of aromatic amines is 1. The van der Waals surface area contributed by atoms with Crippen molar-refractivity contribution in [1.82, 2.24) is 24.5 Å². The molecule has 0 spiro atoms. The number of H-pyrrole nitrogens is 1. The van der Waals surface area contributed by atoms with Gasteiger partial charge in [0.05, 0.1) is 19.0 Å². The highest BCUT2D eigenvalue weighted by Gasteiger charge is 2.25. The number of hydrogen-bond donors (Lipinski definition) is 3. The molecule has 0 aliphatic heterocycles. The van der Waals surface area contributed by atoms with Crippen LogP contribution in [-0.4, -0.2) is 43.7 Å². The average Bonchev–Trinajstić information content (AvgIpc) is 3.41. The number of hydrogen-bond acceptors (Lipinski definition) is 7. The molecule has 31 heavy (non-hydrogen) atoms. The van der Waals surface area contributed by atoms with Crippen LogP contribution in [0, 0.1) is 0 Å². The smallest absolute Gasteiger partial charge is 0.297 e. The van der Waals surface area contributed by atoms with Gasteiger partial charge in [-0.2, -0.15) is 0 Å². The minimum atomic E-state index is -0.210. The third-order valence-electron chi connectivity index (χ3n) is 5.54. The number of nitrogens with one attached hydrogen (secondary N) is 3. The standard InChI is InChI=1S/C22H23N7O2/c1-31-18-5-3-11-29(21(18)30)16-8-9-19(24-13-16)25-14-6-7-15(12-14)26-22-27-17-4-2-10-23-20(17)28-22/h2-5,8-11,13-15H,6-7,12H2,1H3,(H,24,25)(H2,23,26,27,28)/t14-,15-/m0/s1. The van der Waals surface area contributed by atoms with Gasteiger partial charge in [-0.15, -0.1) is 0 Å². The van der Waals surface area contributed by atoms with E-state index in [-0.39, 0.29) is 5.56 Å². The molecule has 0 radical (unpaired) electrons. The normalized spacial score (nSPS) is 18.2. The van der Waals surface area contributed by atoms with Crippen molar-refractivity contribution in [2.75, 3.05) is 17.7 Å². The van der Waals surface area contributed by atoms with E-state index in [1.54, 1.807) is 30.7 Å². The van der Waals surface area contributed by atoms with E-state index in [0.717, 1.165) is 42.2 Å². The minimum Gasteiger partial charge on any atom is -0.491 e. The third-order valence-corrected chi connectivity index (χ3v) is 5.54. The first-order valence-electron chi connectivity index (χ1n) is 10.3. The van der Waals surface area contributed by atoms with Crippen molar-refractivity contribution >= 4 is 22.9 Å². The summed E-state index contributed by atoms with van der Waals surface area (Å²) in [5.74, 6) is 1.85. The molecule has 158 valence electrons. The first-order chi connectivity index (χ1) is 15.2. The van der Waals surface area contributed by atoms with Crippen LogP contribution >= 0.6 is 0 Å². The van der Waals surface area contributed by atoms with Gasteiger partial charge in [-0.05, 0) is 55.7 Å². The van der Waals surface area contributed by atoms with Crippen LogP contribution < -0.4 is 20.9 Å². The quantitative estimate of drug-likeness (QED) is 0.442. The van der Waals surface area contributed by atoms with Gasteiger partial charge in [0.25, 0.3) is 5.56 Å². The Kier molecular flexibility index (Phi) is 4.99. The van der Waals surface area contributed by atoms with Crippen LogP contribution in [0.3, 0.4) is 0 Å². The van der Waals surface area contributed by atoms with Crippen molar-refractivity contribution in [1.29, 1.82) is 0 Å². The third kappa shape index (κ3) is 3.94. The Morgan fingerprint density at radius 3 is 2.74 bits per heavy atom. The van der Waals surface area contributed by atoms with Crippen molar-refractivity contribution < 1.29 is 4.74 Å². The molecule has 1 saturated carbocycles. The van der Waals surface area contributed by atoms with Crippen molar-refractivity contribution in [3.05, 3.63) is 65.3 Å². The number of methoxy groups -OCH3 is 1. The van der Waals surface area contributed by atoms with E-state index in [1.165, 1.54) is 11.7 Å². The van der Waals surface area contributed by atoms with E-state index in [2.05, 4.69) is 30.6 Å². The fraction of sp³-hybridized carbons (Fsp3) is 0.273. The Morgan fingerprint density at radius 2 is 1.97 bits per heavy atom. The first-order valence-corrected chi connectivity index (χ1v) is 10.3. The zero-order valence-corrected chi connectivity index (χ0v) is 17.1. The molecule has 5 rings (SSSR count). The summed E-state index contributed by atoms with van der Waals surface area (Å²) in [6.45, 7) is 0. The monoisotopic (exact) mass is 417 g/mol. The SMILES string of the molecule is COc1cccn(-c2ccc(N[C@H]3CC[C@H](Nc4nc5cccnc5[nH]4)C3)nc2)c1=O. The Hall–Kier alpha value is -3.88. The highest BCUT2D eigenvalue weighted by molar-refractivity contribution is 5.72. The minimum absolute atomic E-state index is 0.210. The van der Waals surface area contributed by atoms with Gasteiger partial charge in [0.15, 0.2) is 11.4 Å². The molecular formula is C22H23N7O2. The lowest BCUT2D eigenvalue weighted by molar-refractivity contribution is 0.406. The van der Waals surface area contributed by atoms with Crippen molar-refractivity contribution in [3.8, 4) is 11.4 Å². The summed E-state index contributed by atoms with van der Waals surface area (Å²) in [7, 11) is 1.49. The Balaban J connectivity index is 1.21. The highest BCUT2D eigenvalue weighted by Crippen LogP contribution is 2.25. The van der Waals surface area contributed by atoms with Crippen LogP contribution in [0.15, 0.2) is 59.8 Å². The summed E-state index contributed by atoms with van der Waals surface area (Å²) in [5.41, 5.74) is 2.13. The number of nitrogens with zero attached hydrogens (tertiary/aromatic N) is 4. The fourth-order valence-electron chi connectivity index (χ4n) is 4.01. The number of aromatic nitrogens is 5. The molecule has 1 fully saturated rings. The van der Waals surface area contributed by atoms with Crippen molar-refractivity contribution in [2.45, 2.75) is 31.3 Å². The number of rotatable bonds is 6. The zero-order chi connectivity index (χ0) is 21.2. The predicted octanol–water partition coefficient (Wildman–Crippen LogP) is 2.96. The average molecular weight is 417 g/mol. The predicted molar refractivity (Wildman–Crippen MR) is 119 cm³/mol. The first kappa shape index (κ1) is 19.1. The van der Waals surface area contributed by atoms with Crippen LogP contribution in [0.5, 0.6) is 5.75 Å². The summed E-state index contributed by atoms with van der Waals surface area (Å²) >= 11 is 0. The molecule has 0 bridgehead atoms. The second-order valence-electron chi connectivity index (χ2n) is 7.61. The highest BCUT2D eigenvalue weighted by atomic mass is 16.5. The van der Waals surface area contributed by atoms with Gasteiger partial charge in [-0.1, -0.05) is 0 Å². The van der Waals surface area contributed by atoms with Crippen molar-refractivity contribution in [2.24, 2.45) is 0 Å². The van der Waals surface area contributed by atoms with Crippen LogP contribution in [0.25, 0.3) is 16.9 Å². The van der Waals surface area contributed by atoms with E-state index in [1.807, 2.05) is 24.3 Å². The molecule has 4 aromatic heterocycles. The Labute approximate surface area is 178 Å². The Bertz CT molecular complexity index is 1220. The maximum Gasteiger partial charge on any atom is 0.297 e. The Morgan fingerprint density at radius 1 is 1.10 bits per heavy atom.